The zero-order valence-corrected chi connectivity index (χ0v) is 13.2. The molecular formula is C16H14N4O2S. The van der Waals surface area contributed by atoms with Crippen molar-refractivity contribution in [2.24, 2.45) is 0 Å². The fourth-order valence-electron chi connectivity index (χ4n) is 2.17. The minimum Gasteiger partial charge on any atom is -0.324 e. The number of nitrogens with zero attached hydrogens (tertiary/aromatic N) is 3. The number of thioether (sulfide) groups is 1. The first-order valence-corrected chi connectivity index (χ1v) is 8.14. The van der Waals surface area contributed by atoms with Gasteiger partial charge in [0.1, 0.15) is 12.9 Å². The number of amides is 1. The van der Waals surface area contributed by atoms with Gasteiger partial charge < -0.3 is 5.32 Å². The fourth-order valence-corrected chi connectivity index (χ4v) is 2.63. The van der Waals surface area contributed by atoms with E-state index in [9.17, 15) is 9.59 Å². The summed E-state index contributed by atoms with van der Waals surface area (Å²) in [5.41, 5.74) is 0.795. The molecule has 0 aliphatic carbocycles. The maximum Gasteiger partial charge on any atom is 0.263 e. The Kier molecular flexibility index (Phi) is 4.38. The Hall–Kier alpha value is -2.67. The highest BCUT2D eigenvalue weighted by Gasteiger charge is 2.09. The SMILES string of the molecule is CSc1cccc(NC(=O)Cn2cnc3ncccc3c2=O)c1. The maximum atomic E-state index is 12.3. The average molecular weight is 326 g/mol. The first kappa shape index (κ1) is 15.2. The number of pyridine rings is 1. The van der Waals surface area contributed by atoms with Crippen LogP contribution in [0.4, 0.5) is 5.69 Å². The predicted molar refractivity (Wildman–Crippen MR) is 90.7 cm³/mol. The molecule has 116 valence electrons. The molecule has 0 radical (unpaired) electrons. The van der Waals surface area contributed by atoms with Gasteiger partial charge >= 0.3 is 0 Å². The number of hydrogen-bond acceptors (Lipinski definition) is 5. The van der Waals surface area contributed by atoms with Crippen molar-refractivity contribution >= 4 is 34.4 Å². The van der Waals surface area contributed by atoms with Crippen molar-refractivity contribution in [1.29, 1.82) is 0 Å². The van der Waals surface area contributed by atoms with Gasteiger partial charge in [0.05, 0.1) is 5.39 Å². The van der Waals surface area contributed by atoms with Gasteiger partial charge in [0, 0.05) is 16.8 Å². The highest BCUT2D eigenvalue weighted by molar-refractivity contribution is 7.98. The number of anilines is 1. The summed E-state index contributed by atoms with van der Waals surface area (Å²) < 4.78 is 1.28. The van der Waals surface area contributed by atoms with Crippen molar-refractivity contribution in [2.75, 3.05) is 11.6 Å². The quantitative estimate of drug-likeness (QED) is 0.743. The summed E-state index contributed by atoms with van der Waals surface area (Å²) in [4.78, 5) is 33.6. The third-order valence-corrected chi connectivity index (χ3v) is 3.99. The van der Waals surface area contributed by atoms with E-state index in [1.807, 2.05) is 30.5 Å². The molecule has 3 aromatic rings. The Labute approximate surface area is 136 Å². The van der Waals surface area contributed by atoms with Crippen molar-refractivity contribution in [3.63, 3.8) is 0 Å². The number of carbonyl (C=O) groups excluding carboxylic acids is 1. The highest BCUT2D eigenvalue weighted by Crippen LogP contribution is 2.18. The van der Waals surface area contributed by atoms with Gasteiger partial charge in [0.25, 0.3) is 5.56 Å². The van der Waals surface area contributed by atoms with Gasteiger partial charge in [-0.05, 0) is 36.6 Å². The smallest absolute Gasteiger partial charge is 0.263 e. The van der Waals surface area contributed by atoms with E-state index in [1.54, 1.807) is 30.1 Å². The molecule has 0 saturated carbocycles. The molecule has 0 atom stereocenters. The third kappa shape index (κ3) is 3.40. The van der Waals surface area contributed by atoms with Crippen LogP contribution in [0.3, 0.4) is 0 Å². The van der Waals surface area contributed by atoms with Crippen molar-refractivity contribution in [2.45, 2.75) is 11.4 Å². The molecule has 0 fully saturated rings. The summed E-state index contributed by atoms with van der Waals surface area (Å²) in [5, 5.41) is 3.18. The lowest BCUT2D eigenvalue weighted by Crippen LogP contribution is -2.28. The maximum absolute atomic E-state index is 12.3. The Morgan fingerprint density at radius 2 is 2.13 bits per heavy atom. The number of hydrogen-bond donors (Lipinski definition) is 1. The van der Waals surface area contributed by atoms with E-state index < -0.39 is 0 Å². The van der Waals surface area contributed by atoms with Crippen molar-refractivity contribution in [1.82, 2.24) is 14.5 Å². The molecular weight excluding hydrogens is 312 g/mol. The van der Waals surface area contributed by atoms with Crippen LogP contribution >= 0.6 is 11.8 Å². The van der Waals surface area contributed by atoms with Crippen LogP contribution in [-0.4, -0.2) is 26.7 Å². The van der Waals surface area contributed by atoms with Crippen LogP contribution in [0.2, 0.25) is 0 Å². The van der Waals surface area contributed by atoms with Crippen molar-refractivity contribution in [3.05, 3.63) is 59.3 Å². The number of rotatable bonds is 4. The Balaban J connectivity index is 1.80. The fraction of sp³-hybridized carbons (Fsp3) is 0.125. The van der Waals surface area contributed by atoms with Gasteiger partial charge in [-0.3, -0.25) is 14.2 Å². The second-order valence-electron chi connectivity index (χ2n) is 4.83. The Morgan fingerprint density at radius 1 is 1.26 bits per heavy atom. The summed E-state index contributed by atoms with van der Waals surface area (Å²) in [6.07, 6.45) is 4.88. The van der Waals surface area contributed by atoms with E-state index in [0.29, 0.717) is 16.7 Å². The number of benzene rings is 1. The van der Waals surface area contributed by atoms with E-state index in [-0.39, 0.29) is 18.0 Å². The van der Waals surface area contributed by atoms with Gasteiger partial charge in [-0.15, -0.1) is 11.8 Å². The minimum atomic E-state index is -0.282. The van der Waals surface area contributed by atoms with Crippen LogP contribution in [0, 0.1) is 0 Å². The molecule has 23 heavy (non-hydrogen) atoms. The molecule has 3 rings (SSSR count). The summed E-state index contributed by atoms with van der Waals surface area (Å²) in [6.45, 7) is -0.0971. The van der Waals surface area contributed by atoms with Gasteiger partial charge in [-0.2, -0.15) is 0 Å². The van der Waals surface area contributed by atoms with Gasteiger partial charge in [0.15, 0.2) is 5.65 Å². The van der Waals surface area contributed by atoms with Crippen molar-refractivity contribution in [3.8, 4) is 0 Å². The van der Waals surface area contributed by atoms with Crippen LogP contribution in [0.15, 0.2) is 58.6 Å². The van der Waals surface area contributed by atoms with Gasteiger partial charge in [-0.25, -0.2) is 9.97 Å². The molecule has 6 nitrogen and oxygen atoms in total. The molecule has 1 amide bonds. The summed E-state index contributed by atoms with van der Waals surface area (Å²) >= 11 is 1.59. The molecule has 0 spiro atoms. The molecule has 2 heterocycles. The normalized spacial score (nSPS) is 10.7. The Bertz CT molecular complexity index is 923. The van der Waals surface area contributed by atoms with Crippen LogP contribution < -0.4 is 10.9 Å². The van der Waals surface area contributed by atoms with Crippen LogP contribution in [0.5, 0.6) is 0 Å². The molecule has 0 unspecified atom stereocenters. The van der Waals surface area contributed by atoms with Crippen LogP contribution in [0.1, 0.15) is 0 Å². The molecule has 7 heteroatoms. The third-order valence-electron chi connectivity index (χ3n) is 3.26. The van der Waals surface area contributed by atoms with Crippen molar-refractivity contribution < 1.29 is 4.79 Å². The first-order valence-electron chi connectivity index (χ1n) is 6.91. The monoisotopic (exact) mass is 326 g/mol. The van der Waals surface area contributed by atoms with E-state index in [4.69, 9.17) is 0 Å². The number of nitrogens with one attached hydrogen (secondary N) is 1. The zero-order chi connectivity index (χ0) is 16.2. The minimum absolute atomic E-state index is 0.0971. The standard InChI is InChI=1S/C16H14N4O2S/c1-23-12-5-2-4-11(8-12)19-14(21)9-20-10-18-15-13(16(20)22)6-3-7-17-15/h2-8,10H,9H2,1H3,(H,19,21). The average Bonchev–Trinajstić information content (AvgIpc) is 2.58. The van der Waals surface area contributed by atoms with Gasteiger partial charge in [0.2, 0.25) is 5.91 Å². The van der Waals surface area contributed by atoms with E-state index in [2.05, 4.69) is 15.3 Å². The lowest BCUT2D eigenvalue weighted by molar-refractivity contribution is -0.116. The summed E-state index contributed by atoms with van der Waals surface area (Å²) in [7, 11) is 0. The van der Waals surface area contributed by atoms with Crippen LogP contribution in [0.25, 0.3) is 11.0 Å². The van der Waals surface area contributed by atoms with E-state index in [1.165, 1.54) is 10.9 Å². The first-order chi connectivity index (χ1) is 11.2. The largest absolute Gasteiger partial charge is 0.324 e. The summed E-state index contributed by atoms with van der Waals surface area (Å²) in [5.74, 6) is -0.282. The summed E-state index contributed by atoms with van der Waals surface area (Å²) in [6, 6.07) is 10.8. The van der Waals surface area contributed by atoms with Gasteiger partial charge in [-0.1, -0.05) is 6.07 Å². The number of aromatic nitrogens is 3. The van der Waals surface area contributed by atoms with Crippen LogP contribution in [-0.2, 0) is 11.3 Å². The molecule has 0 bridgehead atoms. The topological polar surface area (TPSA) is 76.9 Å². The second kappa shape index (κ2) is 6.62. The molecule has 1 aromatic carbocycles. The molecule has 1 N–H and O–H groups in total. The van der Waals surface area contributed by atoms with E-state index in [0.717, 1.165) is 4.90 Å². The lowest BCUT2D eigenvalue weighted by Gasteiger charge is -2.08. The molecule has 0 aliphatic rings. The number of fused-ring (bicyclic) bond motifs is 1. The Morgan fingerprint density at radius 3 is 2.96 bits per heavy atom. The zero-order valence-electron chi connectivity index (χ0n) is 12.4. The molecule has 2 aromatic heterocycles. The predicted octanol–water partition coefficient (Wildman–Crippen LogP) is 2.15. The second-order valence-corrected chi connectivity index (χ2v) is 5.71. The molecule has 0 saturated heterocycles. The molecule has 0 aliphatic heterocycles. The highest BCUT2D eigenvalue weighted by atomic mass is 32.2. The van der Waals surface area contributed by atoms with E-state index >= 15 is 0 Å². The number of carbonyl (C=O) groups is 1. The lowest BCUT2D eigenvalue weighted by atomic mass is 10.3.